The smallest absolute Gasteiger partial charge is 0.119 e. The SMILES string of the molecule is NC1=NSSC1. The first kappa shape index (κ1) is 4.33. The van der Waals surface area contributed by atoms with Crippen LogP contribution in [0.25, 0.3) is 0 Å². The van der Waals surface area contributed by atoms with Crippen LogP contribution >= 0.6 is 21.8 Å². The lowest BCUT2D eigenvalue weighted by Gasteiger charge is -1.75. The number of nitrogens with zero attached hydrogens (tertiary/aromatic N) is 1. The quantitative estimate of drug-likeness (QED) is 0.377. The van der Waals surface area contributed by atoms with Crippen molar-refractivity contribution in [1.29, 1.82) is 0 Å². The van der Waals surface area contributed by atoms with Crippen LogP contribution < -0.4 is 5.73 Å². The Bertz CT molecular complexity index is 79.6. The molecule has 1 aliphatic heterocycles. The van der Waals surface area contributed by atoms with E-state index in [1.54, 1.807) is 10.8 Å². The average Bonchev–Trinajstić information content (AvgIpc) is 1.86. The molecule has 0 aromatic rings. The van der Waals surface area contributed by atoms with E-state index in [2.05, 4.69) is 4.40 Å². The molecule has 0 saturated heterocycles. The minimum atomic E-state index is 0.755. The Hall–Kier alpha value is 0.170. The van der Waals surface area contributed by atoms with E-state index in [1.165, 1.54) is 11.0 Å². The van der Waals surface area contributed by atoms with Gasteiger partial charge in [0.1, 0.15) is 5.84 Å². The standard InChI is InChI=1S/C2H4N2S2/c3-2-1-5-6-4-2/h1H2,(H2,3,4). The van der Waals surface area contributed by atoms with Gasteiger partial charge in [0.2, 0.25) is 0 Å². The van der Waals surface area contributed by atoms with Crippen molar-refractivity contribution in [2.24, 2.45) is 10.1 Å². The highest BCUT2D eigenvalue weighted by atomic mass is 33.1. The van der Waals surface area contributed by atoms with E-state index in [0.29, 0.717) is 0 Å². The fourth-order valence-corrected chi connectivity index (χ4v) is 1.69. The average molecular weight is 120 g/mol. The molecule has 0 spiro atoms. The van der Waals surface area contributed by atoms with E-state index in [-0.39, 0.29) is 0 Å². The van der Waals surface area contributed by atoms with Crippen LogP contribution in [0.15, 0.2) is 4.40 Å². The lowest BCUT2D eigenvalue weighted by atomic mass is 10.7. The second-order valence-corrected chi connectivity index (χ2v) is 2.93. The zero-order chi connectivity index (χ0) is 4.41. The maximum absolute atomic E-state index is 5.24. The van der Waals surface area contributed by atoms with Gasteiger partial charge in [-0.2, -0.15) is 4.40 Å². The second kappa shape index (κ2) is 1.75. The molecule has 0 bridgehead atoms. The maximum Gasteiger partial charge on any atom is 0.119 e. The molecule has 0 saturated carbocycles. The molecule has 0 atom stereocenters. The lowest BCUT2D eigenvalue weighted by Crippen LogP contribution is -2.09. The molecule has 0 aromatic carbocycles. The summed E-state index contributed by atoms with van der Waals surface area (Å²) in [6, 6.07) is 0. The molecule has 0 aromatic heterocycles. The number of hydrogen-bond donors (Lipinski definition) is 1. The van der Waals surface area contributed by atoms with Gasteiger partial charge in [-0.25, -0.2) is 0 Å². The van der Waals surface area contributed by atoms with Gasteiger partial charge in [0.15, 0.2) is 0 Å². The molecular weight excluding hydrogens is 116 g/mol. The first-order chi connectivity index (χ1) is 2.89. The number of nitrogens with two attached hydrogens (primary N) is 1. The van der Waals surface area contributed by atoms with Gasteiger partial charge < -0.3 is 5.73 Å². The summed E-state index contributed by atoms with van der Waals surface area (Å²) in [7, 11) is 3.13. The van der Waals surface area contributed by atoms with Crippen LogP contribution in [0, 0.1) is 0 Å². The van der Waals surface area contributed by atoms with Crippen LogP contribution in [0.1, 0.15) is 0 Å². The molecule has 0 unspecified atom stereocenters. The predicted octanol–water partition coefficient (Wildman–Crippen LogP) is 0.654. The highest BCUT2D eigenvalue weighted by molar-refractivity contribution is 8.77. The molecule has 1 aliphatic rings. The van der Waals surface area contributed by atoms with Crippen LogP contribution in [0.5, 0.6) is 0 Å². The van der Waals surface area contributed by atoms with Crippen molar-refractivity contribution in [3.05, 3.63) is 0 Å². The maximum atomic E-state index is 5.24. The van der Waals surface area contributed by atoms with Crippen molar-refractivity contribution < 1.29 is 0 Å². The van der Waals surface area contributed by atoms with Crippen LogP contribution in [0.2, 0.25) is 0 Å². The van der Waals surface area contributed by atoms with Crippen LogP contribution in [0.4, 0.5) is 0 Å². The first-order valence-electron chi connectivity index (χ1n) is 1.50. The van der Waals surface area contributed by atoms with Crippen LogP contribution in [-0.2, 0) is 0 Å². The molecule has 2 N–H and O–H groups in total. The van der Waals surface area contributed by atoms with E-state index in [9.17, 15) is 0 Å². The summed E-state index contributed by atoms with van der Waals surface area (Å²) in [5.41, 5.74) is 5.24. The van der Waals surface area contributed by atoms with E-state index < -0.39 is 0 Å². The molecule has 2 nitrogen and oxygen atoms in total. The molecule has 6 heavy (non-hydrogen) atoms. The van der Waals surface area contributed by atoms with Crippen molar-refractivity contribution in [2.45, 2.75) is 0 Å². The van der Waals surface area contributed by atoms with Crippen molar-refractivity contribution in [3.63, 3.8) is 0 Å². The third-order valence-electron chi connectivity index (χ3n) is 0.414. The topological polar surface area (TPSA) is 38.4 Å². The fraction of sp³-hybridized carbons (Fsp3) is 0.500. The minimum Gasteiger partial charge on any atom is -0.386 e. The fourth-order valence-electron chi connectivity index (χ4n) is 0.187. The second-order valence-electron chi connectivity index (χ2n) is 0.919. The van der Waals surface area contributed by atoms with Gasteiger partial charge >= 0.3 is 0 Å². The van der Waals surface area contributed by atoms with Gasteiger partial charge in [0.25, 0.3) is 0 Å². The summed E-state index contributed by atoms with van der Waals surface area (Å²) in [4.78, 5) is 0. The molecular formula is C2H4N2S2. The first-order valence-corrected chi connectivity index (χ1v) is 3.78. The van der Waals surface area contributed by atoms with E-state index in [1.807, 2.05) is 0 Å². The highest BCUT2D eigenvalue weighted by Gasteiger charge is 1.99. The van der Waals surface area contributed by atoms with Gasteiger partial charge in [-0.3, -0.25) is 0 Å². The van der Waals surface area contributed by atoms with Gasteiger partial charge in [-0.15, -0.1) is 0 Å². The van der Waals surface area contributed by atoms with Crippen molar-refractivity contribution in [3.8, 4) is 0 Å². The summed E-state index contributed by atoms with van der Waals surface area (Å²) < 4.78 is 3.81. The van der Waals surface area contributed by atoms with Crippen LogP contribution in [0.3, 0.4) is 0 Å². The molecule has 0 amide bonds. The number of rotatable bonds is 0. The van der Waals surface area contributed by atoms with Crippen LogP contribution in [-0.4, -0.2) is 11.6 Å². The Balaban J connectivity index is 2.45. The monoisotopic (exact) mass is 120 g/mol. The number of amidine groups is 1. The predicted molar refractivity (Wildman–Crippen MR) is 31.7 cm³/mol. The summed E-state index contributed by atoms with van der Waals surface area (Å²) in [6.45, 7) is 0. The Kier molecular flexibility index (Phi) is 1.26. The molecule has 1 heterocycles. The van der Waals surface area contributed by atoms with Crippen molar-refractivity contribution >= 4 is 27.6 Å². The molecule has 0 radical (unpaired) electrons. The van der Waals surface area contributed by atoms with E-state index >= 15 is 0 Å². The van der Waals surface area contributed by atoms with Crippen molar-refractivity contribution in [1.82, 2.24) is 0 Å². The van der Waals surface area contributed by atoms with Crippen molar-refractivity contribution in [2.75, 3.05) is 5.75 Å². The Morgan fingerprint density at radius 3 is 2.83 bits per heavy atom. The minimum absolute atomic E-state index is 0.755. The summed E-state index contributed by atoms with van der Waals surface area (Å²) in [5.74, 6) is 1.65. The van der Waals surface area contributed by atoms with E-state index in [4.69, 9.17) is 5.73 Å². The normalized spacial score (nSPS) is 21.0. The molecule has 0 aliphatic carbocycles. The Morgan fingerprint density at radius 2 is 2.67 bits per heavy atom. The van der Waals surface area contributed by atoms with Gasteiger partial charge in [0.05, 0.1) is 5.75 Å². The summed E-state index contributed by atoms with van der Waals surface area (Å²) in [5, 5.41) is 0. The van der Waals surface area contributed by atoms with Gasteiger partial charge in [0, 0.05) is 11.0 Å². The molecule has 0 fully saturated rings. The Morgan fingerprint density at radius 1 is 1.83 bits per heavy atom. The van der Waals surface area contributed by atoms with Gasteiger partial charge in [-0.05, 0) is 0 Å². The lowest BCUT2D eigenvalue weighted by molar-refractivity contribution is 1.63. The molecule has 34 valence electrons. The third-order valence-corrected chi connectivity index (χ3v) is 2.14. The summed E-state index contributed by atoms with van der Waals surface area (Å²) >= 11 is 0. The summed E-state index contributed by atoms with van der Waals surface area (Å²) in [6.07, 6.45) is 0. The molecule has 4 heteroatoms. The highest BCUT2D eigenvalue weighted by Crippen LogP contribution is 2.27. The third kappa shape index (κ3) is 0.815. The zero-order valence-electron chi connectivity index (χ0n) is 3.05. The number of hydrogen-bond acceptors (Lipinski definition) is 4. The van der Waals surface area contributed by atoms with Gasteiger partial charge in [-0.1, -0.05) is 10.8 Å². The van der Waals surface area contributed by atoms with E-state index in [0.717, 1.165) is 11.6 Å². The zero-order valence-corrected chi connectivity index (χ0v) is 4.68. The Labute approximate surface area is 44.1 Å². The largest absolute Gasteiger partial charge is 0.386 e. The molecule has 1 rings (SSSR count).